The molecule has 1 aliphatic rings. The molecule has 0 amide bonds. The molecule has 0 aromatic carbocycles. The Hall–Kier alpha value is -0.520. The van der Waals surface area contributed by atoms with Gasteiger partial charge in [0.2, 0.25) is 0 Å². The van der Waals surface area contributed by atoms with Gasteiger partial charge in [0.25, 0.3) is 0 Å². The molecule has 1 fully saturated rings. The minimum absolute atomic E-state index is 0.655. The number of hydrogen-bond donors (Lipinski definition) is 1. The predicted octanol–water partition coefficient (Wildman–Crippen LogP) is 1.81. The summed E-state index contributed by atoms with van der Waals surface area (Å²) in [5, 5.41) is 8.50. The van der Waals surface area contributed by atoms with Crippen LogP contribution in [0.25, 0.3) is 0 Å². The van der Waals surface area contributed by atoms with Crippen LogP contribution in [0.3, 0.4) is 0 Å². The largest absolute Gasteiger partial charge is 0.250 e. The van der Waals surface area contributed by atoms with Gasteiger partial charge in [-0.1, -0.05) is 12.3 Å². The van der Waals surface area contributed by atoms with Gasteiger partial charge >= 0.3 is 0 Å². The van der Waals surface area contributed by atoms with E-state index in [2.05, 4.69) is 10.8 Å². The maximum absolute atomic E-state index is 8.50. The average Bonchev–Trinajstić information content (AvgIpc) is 2.06. The quantitative estimate of drug-likeness (QED) is 0.342. The Bertz CT molecular complexity index is 140. The van der Waals surface area contributed by atoms with E-state index in [0.717, 1.165) is 25.7 Å². The molecule has 2 heteroatoms. The van der Waals surface area contributed by atoms with Crippen molar-refractivity contribution in [1.82, 2.24) is 0 Å². The lowest BCUT2D eigenvalue weighted by atomic mass is 9.86. The van der Waals surface area contributed by atoms with Gasteiger partial charge in [0.15, 0.2) is 5.60 Å². The van der Waals surface area contributed by atoms with Crippen LogP contribution in [-0.2, 0) is 4.89 Å². The second-order valence-corrected chi connectivity index (χ2v) is 2.79. The second-order valence-electron chi connectivity index (χ2n) is 2.79. The zero-order valence-corrected chi connectivity index (χ0v) is 5.97. The van der Waals surface area contributed by atoms with Crippen molar-refractivity contribution in [3.8, 4) is 12.3 Å². The van der Waals surface area contributed by atoms with Gasteiger partial charge in [-0.3, -0.25) is 5.26 Å². The van der Waals surface area contributed by atoms with E-state index in [0.29, 0.717) is 0 Å². The molecule has 0 radical (unpaired) electrons. The fourth-order valence-electron chi connectivity index (χ4n) is 1.38. The highest BCUT2D eigenvalue weighted by Gasteiger charge is 2.30. The lowest BCUT2D eigenvalue weighted by Gasteiger charge is -2.28. The monoisotopic (exact) mass is 140 g/mol. The zero-order chi connectivity index (χ0) is 7.45. The van der Waals surface area contributed by atoms with Gasteiger partial charge in [-0.15, -0.1) is 6.42 Å². The summed E-state index contributed by atoms with van der Waals surface area (Å²) < 4.78 is 0. The number of terminal acetylenes is 1. The van der Waals surface area contributed by atoms with Crippen molar-refractivity contribution in [3.05, 3.63) is 0 Å². The maximum atomic E-state index is 8.50. The highest BCUT2D eigenvalue weighted by molar-refractivity contribution is 5.08. The highest BCUT2D eigenvalue weighted by Crippen LogP contribution is 2.29. The molecule has 0 heterocycles. The van der Waals surface area contributed by atoms with E-state index >= 15 is 0 Å². The maximum Gasteiger partial charge on any atom is 0.163 e. The third-order valence-corrected chi connectivity index (χ3v) is 2.10. The Kier molecular flexibility index (Phi) is 2.31. The Balaban J connectivity index is 2.55. The van der Waals surface area contributed by atoms with Crippen molar-refractivity contribution < 1.29 is 10.1 Å². The molecule has 0 bridgehead atoms. The molecule has 1 N–H and O–H groups in total. The Morgan fingerprint density at radius 1 is 1.30 bits per heavy atom. The molecule has 56 valence electrons. The minimum atomic E-state index is -0.655. The molecule has 1 saturated carbocycles. The van der Waals surface area contributed by atoms with Crippen molar-refractivity contribution in [2.24, 2.45) is 0 Å². The second kappa shape index (κ2) is 3.05. The van der Waals surface area contributed by atoms with Crippen LogP contribution >= 0.6 is 0 Å². The molecule has 0 aromatic rings. The van der Waals surface area contributed by atoms with Gasteiger partial charge in [0.1, 0.15) is 0 Å². The van der Waals surface area contributed by atoms with Crippen LogP contribution in [0.15, 0.2) is 0 Å². The first kappa shape index (κ1) is 7.59. The standard InChI is InChI=1S/C8H12O2/c1-2-8(10-9)6-4-3-5-7-8/h1,9H,3-7H2. The molecule has 0 aliphatic heterocycles. The third kappa shape index (κ3) is 1.31. The summed E-state index contributed by atoms with van der Waals surface area (Å²) in [5.41, 5.74) is -0.655. The molecule has 0 spiro atoms. The molecule has 0 unspecified atom stereocenters. The molecule has 2 nitrogen and oxygen atoms in total. The van der Waals surface area contributed by atoms with Crippen LogP contribution in [0.1, 0.15) is 32.1 Å². The van der Waals surface area contributed by atoms with Crippen LogP contribution in [-0.4, -0.2) is 10.9 Å². The smallest absolute Gasteiger partial charge is 0.163 e. The normalized spacial score (nSPS) is 23.6. The lowest BCUT2D eigenvalue weighted by molar-refractivity contribution is -0.310. The SMILES string of the molecule is C#CC1(OO)CCCCC1. The highest BCUT2D eigenvalue weighted by atomic mass is 17.1. The number of hydrogen-bond acceptors (Lipinski definition) is 2. The topological polar surface area (TPSA) is 29.5 Å². The van der Waals surface area contributed by atoms with E-state index in [1.807, 2.05) is 0 Å². The first-order chi connectivity index (χ1) is 4.83. The summed E-state index contributed by atoms with van der Waals surface area (Å²) in [6.45, 7) is 0. The van der Waals surface area contributed by atoms with Crippen molar-refractivity contribution in [1.29, 1.82) is 0 Å². The Labute approximate surface area is 61.1 Å². The molecule has 10 heavy (non-hydrogen) atoms. The number of rotatable bonds is 1. The molecule has 0 aromatic heterocycles. The van der Waals surface area contributed by atoms with Crippen molar-refractivity contribution in [3.63, 3.8) is 0 Å². The van der Waals surface area contributed by atoms with Gasteiger partial charge < -0.3 is 0 Å². The first-order valence-corrected chi connectivity index (χ1v) is 3.63. The minimum Gasteiger partial charge on any atom is -0.250 e. The summed E-state index contributed by atoms with van der Waals surface area (Å²) >= 11 is 0. The van der Waals surface area contributed by atoms with Gasteiger partial charge in [-0.25, -0.2) is 4.89 Å². The van der Waals surface area contributed by atoms with Crippen molar-refractivity contribution >= 4 is 0 Å². The van der Waals surface area contributed by atoms with Crippen LogP contribution in [0.4, 0.5) is 0 Å². The van der Waals surface area contributed by atoms with Crippen LogP contribution in [0.2, 0.25) is 0 Å². The van der Waals surface area contributed by atoms with Gasteiger partial charge in [-0.2, -0.15) is 0 Å². The molecule has 0 atom stereocenters. The molecule has 1 aliphatic carbocycles. The predicted molar refractivity (Wildman–Crippen MR) is 38.4 cm³/mol. The molecular formula is C8H12O2. The van der Waals surface area contributed by atoms with E-state index in [9.17, 15) is 0 Å². The van der Waals surface area contributed by atoms with E-state index in [-0.39, 0.29) is 0 Å². The van der Waals surface area contributed by atoms with Crippen molar-refractivity contribution in [2.75, 3.05) is 0 Å². The lowest BCUT2D eigenvalue weighted by Crippen LogP contribution is -2.31. The van der Waals surface area contributed by atoms with Gasteiger partial charge in [-0.05, 0) is 25.7 Å². The fourth-order valence-corrected chi connectivity index (χ4v) is 1.38. The van der Waals surface area contributed by atoms with Crippen LogP contribution < -0.4 is 0 Å². The van der Waals surface area contributed by atoms with E-state index in [1.54, 1.807) is 0 Å². The average molecular weight is 140 g/mol. The fraction of sp³-hybridized carbons (Fsp3) is 0.750. The van der Waals surface area contributed by atoms with Gasteiger partial charge in [0, 0.05) is 0 Å². The van der Waals surface area contributed by atoms with E-state index in [1.165, 1.54) is 6.42 Å². The van der Waals surface area contributed by atoms with Crippen LogP contribution in [0, 0.1) is 12.3 Å². The van der Waals surface area contributed by atoms with E-state index < -0.39 is 5.60 Å². The van der Waals surface area contributed by atoms with Crippen molar-refractivity contribution in [2.45, 2.75) is 37.7 Å². The summed E-state index contributed by atoms with van der Waals surface area (Å²) in [7, 11) is 0. The summed E-state index contributed by atoms with van der Waals surface area (Å²) in [5.74, 6) is 2.49. The zero-order valence-electron chi connectivity index (χ0n) is 5.97. The Morgan fingerprint density at radius 3 is 2.20 bits per heavy atom. The molecule has 1 rings (SSSR count). The first-order valence-electron chi connectivity index (χ1n) is 3.63. The summed E-state index contributed by atoms with van der Waals surface area (Å²) in [4.78, 5) is 4.29. The Morgan fingerprint density at radius 2 is 1.90 bits per heavy atom. The summed E-state index contributed by atoms with van der Waals surface area (Å²) in [6, 6.07) is 0. The summed E-state index contributed by atoms with van der Waals surface area (Å²) in [6.07, 6.45) is 10.1. The van der Waals surface area contributed by atoms with Gasteiger partial charge in [0.05, 0.1) is 0 Å². The van der Waals surface area contributed by atoms with E-state index in [4.69, 9.17) is 11.7 Å². The molecule has 0 saturated heterocycles. The van der Waals surface area contributed by atoms with Crippen LogP contribution in [0.5, 0.6) is 0 Å². The third-order valence-electron chi connectivity index (χ3n) is 2.10. The molecular weight excluding hydrogens is 128 g/mol.